The van der Waals surface area contributed by atoms with E-state index < -0.39 is 0 Å². The molecular weight excluding hydrogens is 639 g/mol. The summed E-state index contributed by atoms with van der Waals surface area (Å²) < 4.78 is 8.86. The fourth-order valence-corrected chi connectivity index (χ4v) is 7.77. The molecule has 0 spiro atoms. The quantitative estimate of drug-likeness (QED) is 0.187. The van der Waals surface area contributed by atoms with Gasteiger partial charge in [0.1, 0.15) is 11.2 Å². The average molecular weight is 666 g/mol. The summed E-state index contributed by atoms with van der Waals surface area (Å²) in [4.78, 5) is 20.2. The fraction of sp³-hybridized carbons (Fsp3) is 0. The molecule has 4 heterocycles. The van der Waals surface area contributed by atoms with Gasteiger partial charge in [-0.25, -0.2) is 15.0 Å². The van der Waals surface area contributed by atoms with E-state index in [1.165, 1.54) is 0 Å². The van der Waals surface area contributed by atoms with E-state index >= 15 is 0 Å². The maximum atomic E-state index is 6.54. The van der Waals surface area contributed by atoms with Crippen molar-refractivity contribution in [2.75, 3.05) is 0 Å². The lowest BCUT2D eigenvalue weighted by Gasteiger charge is -2.11. The first kappa shape index (κ1) is 28.6. The molecule has 0 atom stereocenters. The molecule has 6 heteroatoms. The number of furan rings is 1. The van der Waals surface area contributed by atoms with Crippen LogP contribution in [0.25, 0.3) is 105 Å². The number of rotatable bonds is 4. The molecule has 242 valence electrons. The zero-order chi connectivity index (χ0) is 34.2. The Bertz CT molecular complexity index is 3200. The van der Waals surface area contributed by atoms with E-state index in [1.807, 2.05) is 30.5 Å². The molecule has 4 aromatic heterocycles. The number of benzene rings is 7. The molecule has 0 N–H and O–H groups in total. The summed E-state index contributed by atoms with van der Waals surface area (Å²) in [5.74, 6) is 1.79. The third-order valence-electron chi connectivity index (χ3n) is 10.1. The highest BCUT2D eigenvalue weighted by molar-refractivity contribution is 6.19. The minimum atomic E-state index is 0.580. The summed E-state index contributed by atoms with van der Waals surface area (Å²) in [7, 11) is 0. The van der Waals surface area contributed by atoms with E-state index in [1.54, 1.807) is 6.20 Å². The van der Waals surface area contributed by atoms with Crippen molar-refractivity contribution in [2.45, 2.75) is 0 Å². The van der Waals surface area contributed by atoms with E-state index in [-0.39, 0.29) is 0 Å². The number of hydrogen-bond acceptors (Lipinski definition) is 5. The fourth-order valence-electron chi connectivity index (χ4n) is 7.77. The molecule has 0 fully saturated rings. The third-order valence-corrected chi connectivity index (χ3v) is 10.1. The highest BCUT2D eigenvalue weighted by atomic mass is 16.3. The van der Waals surface area contributed by atoms with E-state index in [2.05, 4.69) is 137 Å². The predicted octanol–water partition coefficient (Wildman–Crippen LogP) is 11.6. The topological polar surface area (TPSA) is 69.6 Å². The van der Waals surface area contributed by atoms with Crippen LogP contribution in [-0.2, 0) is 0 Å². The number of fused-ring (bicyclic) bond motifs is 9. The van der Waals surface area contributed by atoms with Crippen molar-refractivity contribution in [3.05, 3.63) is 164 Å². The molecule has 0 aliphatic heterocycles. The van der Waals surface area contributed by atoms with Gasteiger partial charge in [-0.3, -0.25) is 4.98 Å². The molecule has 7 aromatic carbocycles. The van der Waals surface area contributed by atoms with Crippen molar-refractivity contribution in [2.24, 2.45) is 0 Å². The maximum absolute atomic E-state index is 6.54. The first-order chi connectivity index (χ1) is 25.8. The van der Waals surface area contributed by atoms with Gasteiger partial charge in [0, 0.05) is 61.7 Å². The van der Waals surface area contributed by atoms with Crippen LogP contribution in [0.5, 0.6) is 0 Å². The Morgan fingerprint density at radius 3 is 2.06 bits per heavy atom. The molecule has 11 aromatic rings. The molecule has 6 nitrogen and oxygen atoms in total. The van der Waals surface area contributed by atoms with Gasteiger partial charge in [0.25, 0.3) is 0 Å². The van der Waals surface area contributed by atoms with Crippen molar-refractivity contribution in [1.82, 2.24) is 24.5 Å². The minimum Gasteiger partial charge on any atom is -0.455 e. The Labute approximate surface area is 297 Å². The molecule has 0 aliphatic rings. The first-order valence-corrected chi connectivity index (χ1v) is 17.3. The number of para-hydroxylation sites is 2. The lowest BCUT2D eigenvalue weighted by atomic mass is 10.0. The highest BCUT2D eigenvalue weighted by Crippen LogP contribution is 2.41. The number of nitrogens with zero attached hydrogens (tertiary/aromatic N) is 5. The smallest absolute Gasteiger partial charge is 0.164 e. The van der Waals surface area contributed by atoms with Gasteiger partial charge in [0.15, 0.2) is 17.5 Å². The monoisotopic (exact) mass is 665 g/mol. The standard InChI is InChI=1S/C46H27N5O/c1-2-12-32(13-3-1)51-38-17-7-6-14-33(38)41-35(15-8-18-39(41)51)45-48-44(31-21-20-28-10-4-5-11-30(28)26-31)49-46(50-45)36-16-9-19-40-42(36)34-23-22-29-24-25-47-27-37(29)43(34)52-40/h1-27H. The minimum absolute atomic E-state index is 0.580. The number of aromatic nitrogens is 5. The lowest BCUT2D eigenvalue weighted by molar-refractivity contribution is 0.672. The van der Waals surface area contributed by atoms with Gasteiger partial charge < -0.3 is 8.98 Å². The van der Waals surface area contributed by atoms with Gasteiger partial charge in [0.05, 0.1) is 11.0 Å². The highest BCUT2D eigenvalue weighted by Gasteiger charge is 2.22. The van der Waals surface area contributed by atoms with Gasteiger partial charge in [-0.05, 0) is 64.7 Å². The molecule has 11 rings (SSSR count). The van der Waals surface area contributed by atoms with Crippen LogP contribution in [0.3, 0.4) is 0 Å². The normalized spacial score (nSPS) is 11.8. The van der Waals surface area contributed by atoms with Crippen LogP contribution in [0.15, 0.2) is 168 Å². The Morgan fingerprint density at radius 2 is 1.17 bits per heavy atom. The summed E-state index contributed by atoms with van der Waals surface area (Å²) in [5.41, 5.74) is 7.62. The van der Waals surface area contributed by atoms with Gasteiger partial charge in [-0.2, -0.15) is 0 Å². The maximum Gasteiger partial charge on any atom is 0.164 e. The van der Waals surface area contributed by atoms with Crippen LogP contribution in [0.4, 0.5) is 0 Å². The number of pyridine rings is 1. The van der Waals surface area contributed by atoms with Crippen molar-refractivity contribution < 1.29 is 4.42 Å². The van der Waals surface area contributed by atoms with Gasteiger partial charge >= 0.3 is 0 Å². The molecule has 0 radical (unpaired) electrons. The number of hydrogen-bond donors (Lipinski definition) is 0. The SMILES string of the molecule is c1ccc(-n2c3ccccc3c3c(-c4nc(-c5ccc6ccccc6c5)nc(-c5cccc6oc7c8cnccc8ccc7c56)n4)cccc32)cc1. The van der Waals surface area contributed by atoms with Crippen LogP contribution in [0.2, 0.25) is 0 Å². The summed E-state index contributed by atoms with van der Waals surface area (Å²) in [6, 6.07) is 52.5. The molecule has 0 saturated carbocycles. The third kappa shape index (κ3) is 4.31. The predicted molar refractivity (Wildman–Crippen MR) is 211 cm³/mol. The largest absolute Gasteiger partial charge is 0.455 e. The van der Waals surface area contributed by atoms with Crippen molar-refractivity contribution >= 4 is 65.3 Å². The Balaban J connectivity index is 1.22. The summed E-state index contributed by atoms with van der Waals surface area (Å²) in [5, 5.41) is 8.51. The van der Waals surface area contributed by atoms with E-state index in [4.69, 9.17) is 19.4 Å². The molecular formula is C46H27N5O. The summed E-state index contributed by atoms with van der Waals surface area (Å²) in [6.07, 6.45) is 3.67. The second-order valence-corrected chi connectivity index (χ2v) is 13.1. The van der Waals surface area contributed by atoms with Crippen LogP contribution in [0.1, 0.15) is 0 Å². The molecule has 0 amide bonds. The zero-order valence-corrected chi connectivity index (χ0v) is 27.7. The summed E-state index contributed by atoms with van der Waals surface area (Å²) in [6.45, 7) is 0. The molecule has 0 saturated heterocycles. The van der Waals surface area contributed by atoms with Crippen molar-refractivity contribution in [1.29, 1.82) is 0 Å². The molecule has 0 unspecified atom stereocenters. The second-order valence-electron chi connectivity index (χ2n) is 13.1. The molecule has 0 bridgehead atoms. The van der Waals surface area contributed by atoms with Crippen LogP contribution >= 0.6 is 0 Å². The molecule has 0 aliphatic carbocycles. The van der Waals surface area contributed by atoms with Crippen LogP contribution in [0, 0.1) is 0 Å². The van der Waals surface area contributed by atoms with E-state index in [9.17, 15) is 0 Å². The zero-order valence-electron chi connectivity index (χ0n) is 27.7. The van der Waals surface area contributed by atoms with Crippen molar-refractivity contribution in [3.63, 3.8) is 0 Å². The van der Waals surface area contributed by atoms with Crippen molar-refractivity contribution in [3.8, 4) is 39.9 Å². The Hall–Kier alpha value is -7.18. The van der Waals surface area contributed by atoms with Gasteiger partial charge in [0.2, 0.25) is 0 Å². The Morgan fingerprint density at radius 1 is 0.462 bits per heavy atom. The van der Waals surface area contributed by atoms with Crippen LogP contribution in [-0.4, -0.2) is 24.5 Å². The average Bonchev–Trinajstić information content (AvgIpc) is 3.77. The van der Waals surface area contributed by atoms with Gasteiger partial charge in [-0.1, -0.05) is 103 Å². The molecule has 52 heavy (non-hydrogen) atoms. The van der Waals surface area contributed by atoms with E-state index in [0.717, 1.165) is 87.7 Å². The van der Waals surface area contributed by atoms with Gasteiger partial charge in [-0.15, -0.1) is 0 Å². The van der Waals surface area contributed by atoms with E-state index in [0.29, 0.717) is 17.5 Å². The lowest BCUT2D eigenvalue weighted by Crippen LogP contribution is -2.01. The van der Waals surface area contributed by atoms with Crippen LogP contribution < -0.4 is 0 Å². The Kier molecular flexibility index (Phi) is 6.15. The summed E-state index contributed by atoms with van der Waals surface area (Å²) >= 11 is 0. The second kappa shape index (κ2) is 11.2. The first-order valence-electron chi connectivity index (χ1n) is 17.3.